The predicted octanol–water partition coefficient (Wildman–Crippen LogP) is -0.495. The Morgan fingerprint density at radius 3 is 2.33 bits per heavy atom. The molecule has 0 aromatic rings. The average Bonchev–Trinajstić information content (AvgIpc) is 2.26. The molecular weight excluding hydrogens is 192 g/mol. The summed E-state index contributed by atoms with van der Waals surface area (Å²) in [7, 11) is 5.57. The maximum atomic E-state index is 11.6. The number of urea groups is 1. The second kappa shape index (κ2) is 5.92. The molecule has 1 aliphatic heterocycles. The number of amides is 2. The lowest BCUT2D eigenvalue weighted by Gasteiger charge is -2.35. The second-order valence-electron chi connectivity index (χ2n) is 4.11. The van der Waals surface area contributed by atoms with Crippen LogP contribution in [0.3, 0.4) is 0 Å². The average molecular weight is 214 g/mol. The third-order valence-electron chi connectivity index (χ3n) is 2.70. The number of rotatable bonds is 3. The smallest absolute Gasteiger partial charge is 0.319 e. The molecule has 0 radical (unpaired) electrons. The first kappa shape index (κ1) is 12.3. The number of hydrogen-bond acceptors (Lipinski definition) is 3. The molecule has 5 heteroatoms. The van der Waals surface area contributed by atoms with E-state index in [1.54, 1.807) is 19.0 Å². The summed E-state index contributed by atoms with van der Waals surface area (Å²) in [4.78, 5) is 17.6. The van der Waals surface area contributed by atoms with E-state index in [0.29, 0.717) is 0 Å². The third kappa shape index (κ3) is 3.68. The van der Waals surface area contributed by atoms with Crippen molar-refractivity contribution in [1.29, 1.82) is 0 Å². The van der Waals surface area contributed by atoms with Crippen LogP contribution in [0, 0.1) is 0 Å². The van der Waals surface area contributed by atoms with Gasteiger partial charge in [-0.1, -0.05) is 0 Å². The third-order valence-corrected chi connectivity index (χ3v) is 2.70. The summed E-state index contributed by atoms with van der Waals surface area (Å²) in [5.41, 5.74) is 0. The molecule has 1 saturated heterocycles. The van der Waals surface area contributed by atoms with Crippen LogP contribution in [0.1, 0.15) is 0 Å². The Morgan fingerprint density at radius 1 is 1.27 bits per heavy atom. The minimum absolute atomic E-state index is 0.128. The van der Waals surface area contributed by atoms with E-state index in [1.807, 2.05) is 11.9 Å². The Labute approximate surface area is 92.0 Å². The second-order valence-corrected chi connectivity index (χ2v) is 4.11. The summed E-state index contributed by atoms with van der Waals surface area (Å²) in [6.07, 6.45) is 0. The van der Waals surface area contributed by atoms with Crippen molar-refractivity contribution in [2.24, 2.45) is 0 Å². The molecule has 0 bridgehead atoms. The standard InChI is InChI=1S/C10H22N4O/c1-11-4-5-13-6-8-14(9-7-13)10(15)12(2)3/h11H,4-9H2,1-3H3. The van der Waals surface area contributed by atoms with E-state index in [-0.39, 0.29) is 6.03 Å². The highest BCUT2D eigenvalue weighted by atomic mass is 16.2. The molecule has 0 saturated carbocycles. The molecule has 5 nitrogen and oxygen atoms in total. The first-order valence-corrected chi connectivity index (χ1v) is 5.48. The zero-order chi connectivity index (χ0) is 11.3. The van der Waals surface area contributed by atoms with Gasteiger partial charge in [-0.05, 0) is 7.05 Å². The van der Waals surface area contributed by atoms with Gasteiger partial charge in [0.15, 0.2) is 0 Å². The lowest BCUT2D eigenvalue weighted by Crippen LogP contribution is -2.52. The van der Waals surface area contributed by atoms with E-state index >= 15 is 0 Å². The molecule has 0 aliphatic carbocycles. The first-order valence-electron chi connectivity index (χ1n) is 5.48. The van der Waals surface area contributed by atoms with Crippen molar-refractivity contribution in [1.82, 2.24) is 20.0 Å². The Morgan fingerprint density at radius 2 is 1.87 bits per heavy atom. The summed E-state index contributed by atoms with van der Waals surface area (Å²) in [6.45, 7) is 5.76. The molecule has 2 amide bonds. The van der Waals surface area contributed by atoms with Crippen molar-refractivity contribution in [3.05, 3.63) is 0 Å². The monoisotopic (exact) mass is 214 g/mol. The topological polar surface area (TPSA) is 38.8 Å². The molecule has 1 fully saturated rings. The zero-order valence-electron chi connectivity index (χ0n) is 9.99. The van der Waals surface area contributed by atoms with Gasteiger partial charge in [-0.15, -0.1) is 0 Å². The number of hydrogen-bond donors (Lipinski definition) is 1. The van der Waals surface area contributed by atoms with Crippen molar-refractivity contribution in [2.75, 3.05) is 60.4 Å². The van der Waals surface area contributed by atoms with E-state index < -0.39 is 0 Å². The maximum absolute atomic E-state index is 11.6. The van der Waals surface area contributed by atoms with Crippen LogP contribution in [0.4, 0.5) is 4.79 Å². The molecular formula is C10H22N4O. The Hall–Kier alpha value is -0.810. The normalized spacial score (nSPS) is 17.9. The van der Waals surface area contributed by atoms with E-state index in [2.05, 4.69) is 10.2 Å². The molecule has 0 spiro atoms. The fourth-order valence-corrected chi connectivity index (χ4v) is 1.72. The molecule has 1 aliphatic rings. The van der Waals surface area contributed by atoms with Crippen LogP contribution in [0.2, 0.25) is 0 Å². The molecule has 0 atom stereocenters. The largest absolute Gasteiger partial charge is 0.331 e. The molecule has 0 aromatic carbocycles. The van der Waals surface area contributed by atoms with Crippen LogP contribution in [0.15, 0.2) is 0 Å². The van der Waals surface area contributed by atoms with Crippen LogP contribution < -0.4 is 5.32 Å². The van der Waals surface area contributed by atoms with Crippen LogP contribution in [0.5, 0.6) is 0 Å². The number of carbonyl (C=O) groups is 1. The Kier molecular flexibility index (Phi) is 4.84. The van der Waals surface area contributed by atoms with Gasteiger partial charge in [0.25, 0.3) is 0 Å². The minimum atomic E-state index is 0.128. The van der Waals surface area contributed by atoms with Gasteiger partial charge in [0.1, 0.15) is 0 Å². The molecule has 88 valence electrons. The fourth-order valence-electron chi connectivity index (χ4n) is 1.72. The lowest BCUT2D eigenvalue weighted by molar-refractivity contribution is 0.124. The van der Waals surface area contributed by atoms with Crippen LogP contribution in [-0.4, -0.2) is 81.1 Å². The molecule has 1 N–H and O–H groups in total. The summed E-state index contributed by atoms with van der Waals surface area (Å²) >= 11 is 0. The van der Waals surface area contributed by atoms with Crippen molar-refractivity contribution in [3.63, 3.8) is 0 Å². The van der Waals surface area contributed by atoms with Gasteiger partial charge in [0.05, 0.1) is 0 Å². The SMILES string of the molecule is CNCCN1CCN(C(=O)N(C)C)CC1. The fraction of sp³-hybridized carbons (Fsp3) is 0.900. The number of piperazine rings is 1. The van der Waals surface area contributed by atoms with Crippen molar-refractivity contribution >= 4 is 6.03 Å². The number of carbonyl (C=O) groups excluding carboxylic acids is 1. The lowest BCUT2D eigenvalue weighted by atomic mass is 10.3. The summed E-state index contributed by atoms with van der Waals surface area (Å²) < 4.78 is 0. The summed E-state index contributed by atoms with van der Waals surface area (Å²) in [6, 6.07) is 0.128. The molecule has 0 aromatic heterocycles. The van der Waals surface area contributed by atoms with E-state index in [4.69, 9.17) is 0 Å². The van der Waals surface area contributed by atoms with Crippen molar-refractivity contribution < 1.29 is 4.79 Å². The predicted molar refractivity (Wildman–Crippen MR) is 61.0 cm³/mol. The van der Waals surface area contributed by atoms with Gasteiger partial charge >= 0.3 is 6.03 Å². The summed E-state index contributed by atoms with van der Waals surface area (Å²) in [5, 5.41) is 3.14. The Bertz CT molecular complexity index is 200. The van der Waals surface area contributed by atoms with E-state index in [0.717, 1.165) is 39.3 Å². The highest BCUT2D eigenvalue weighted by molar-refractivity contribution is 5.73. The first-order chi connectivity index (χ1) is 7.15. The van der Waals surface area contributed by atoms with Crippen molar-refractivity contribution in [2.45, 2.75) is 0 Å². The molecule has 15 heavy (non-hydrogen) atoms. The van der Waals surface area contributed by atoms with Crippen LogP contribution in [0.25, 0.3) is 0 Å². The van der Waals surface area contributed by atoms with Gasteiger partial charge < -0.3 is 15.1 Å². The van der Waals surface area contributed by atoms with E-state index in [9.17, 15) is 4.79 Å². The molecule has 1 heterocycles. The van der Waals surface area contributed by atoms with Gasteiger partial charge in [-0.2, -0.15) is 0 Å². The highest BCUT2D eigenvalue weighted by Crippen LogP contribution is 2.03. The van der Waals surface area contributed by atoms with E-state index in [1.165, 1.54) is 0 Å². The zero-order valence-corrected chi connectivity index (χ0v) is 9.99. The minimum Gasteiger partial charge on any atom is -0.331 e. The van der Waals surface area contributed by atoms with Gasteiger partial charge in [-0.3, -0.25) is 4.90 Å². The Balaban J connectivity index is 2.26. The maximum Gasteiger partial charge on any atom is 0.319 e. The molecule has 0 unspecified atom stereocenters. The number of nitrogens with one attached hydrogen (secondary N) is 1. The van der Waals surface area contributed by atoms with Gasteiger partial charge in [-0.25, -0.2) is 4.79 Å². The molecule has 1 rings (SSSR count). The van der Waals surface area contributed by atoms with Crippen LogP contribution >= 0.6 is 0 Å². The van der Waals surface area contributed by atoms with Crippen LogP contribution in [-0.2, 0) is 0 Å². The number of nitrogens with zero attached hydrogens (tertiary/aromatic N) is 3. The highest BCUT2D eigenvalue weighted by Gasteiger charge is 2.21. The quantitative estimate of drug-likeness (QED) is 0.689. The van der Waals surface area contributed by atoms with Gasteiger partial charge in [0.2, 0.25) is 0 Å². The van der Waals surface area contributed by atoms with Crippen molar-refractivity contribution in [3.8, 4) is 0 Å². The summed E-state index contributed by atoms with van der Waals surface area (Å²) in [5.74, 6) is 0. The van der Waals surface area contributed by atoms with Gasteiger partial charge in [0, 0.05) is 53.4 Å². The number of likely N-dealkylation sites (N-methyl/N-ethyl adjacent to an activating group) is 1.